The van der Waals surface area contributed by atoms with Crippen LogP contribution in [0.2, 0.25) is 0 Å². The first-order valence-electron chi connectivity index (χ1n) is 6.61. The van der Waals surface area contributed by atoms with Gasteiger partial charge in [0.1, 0.15) is 0 Å². The molecule has 0 saturated heterocycles. The lowest BCUT2D eigenvalue weighted by molar-refractivity contribution is 0.292. The second-order valence-electron chi connectivity index (χ2n) is 4.74. The lowest BCUT2D eigenvalue weighted by atomic mass is 9.84. The van der Waals surface area contributed by atoms with Crippen LogP contribution < -0.4 is 15.8 Å². The van der Waals surface area contributed by atoms with Gasteiger partial charge in [0.2, 0.25) is 11.9 Å². The van der Waals surface area contributed by atoms with E-state index in [0.717, 1.165) is 13.0 Å². The van der Waals surface area contributed by atoms with Crippen molar-refractivity contribution in [3.05, 3.63) is 0 Å². The van der Waals surface area contributed by atoms with Gasteiger partial charge in [0.25, 0.3) is 0 Å². The maximum Gasteiger partial charge on any atom is 0.323 e. The minimum atomic E-state index is 0.190. The molecule has 0 aromatic carbocycles. The topological polar surface area (TPSA) is 86.0 Å². The molecular formula is C12H21N5OS. The van der Waals surface area contributed by atoms with Crippen LogP contribution in [0.25, 0.3) is 0 Å². The van der Waals surface area contributed by atoms with E-state index in [4.69, 9.17) is 10.5 Å². The highest BCUT2D eigenvalue weighted by molar-refractivity contribution is 8.00. The lowest BCUT2D eigenvalue weighted by Gasteiger charge is -2.40. The predicted octanol–water partition coefficient (Wildman–Crippen LogP) is 1.94. The summed E-state index contributed by atoms with van der Waals surface area (Å²) in [7, 11) is 0. The molecule has 1 saturated carbocycles. The summed E-state index contributed by atoms with van der Waals surface area (Å²) in [5.74, 6) is 0.689. The fourth-order valence-corrected chi connectivity index (χ4v) is 2.89. The molecule has 1 aliphatic carbocycles. The molecule has 0 aliphatic heterocycles. The fraction of sp³-hybridized carbons (Fsp3) is 0.750. The molecule has 1 aliphatic rings. The Labute approximate surface area is 117 Å². The van der Waals surface area contributed by atoms with Crippen LogP contribution in [0, 0.1) is 0 Å². The van der Waals surface area contributed by atoms with Gasteiger partial charge >= 0.3 is 6.01 Å². The normalized spacial score (nSPS) is 16.7. The molecule has 19 heavy (non-hydrogen) atoms. The van der Waals surface area contributed by atoms with Crippen molar-refractivity contribution in [2.45, 2.75) is 37.4 Å². The molecule has 3 N–H and O–H groups in total. The molecule has 1 aromatic rings. The molecule has 0 unspecified atom stereocenters. The second-order valence-corrected chi connectivity index (χ2v) is 6.02. The van der Waals surface area contributed by atoms with Crippen LogP contribution in [0.5, 0.6) is 6.01 Å². The number of nitrogens with two attached hydrogens (primary N) is 1. The number of nitrogens with zero attached hydrogens (tertiary/aromatic N) is 3. The van der Waals surface area contributed by atoms with Crippen molar-refractivity contribution in [2.24, 2.45) is 0 Å². The highest BCUT2D eigenvalue weighted by Gasteiger charge is 2.36. The number of hydrogen-bond acceptors (Lipinski definition) is 7. The van der Waals surface area contributed by atoms with Gasteiger partial charge in [-0.2, -0.15) is 26.7 Å². The van der Waals surface area contributed by atoms with Crippen LogP contribution in [-0.2, 0) is 0 Å². The number of rotatable bonds is 7. The Kier molecular flexibility index (Phi) is 4.68. The van der Waals surface area contributed by atoms with Gasteiger partial charge in [0.15, 0.2) is 0 Å². The molecule has 6 nitrogen and oxygen atoms in total. The Bertz CT molecular complexity index is 419. The Hall–Kier alpha value is -1.24. The number of nitrogen functional groups attached to an aromatic ring is 1. The van der Waals surface area contributed by atoms with E-state index in [1.165, 1.54) is 19.3 Å². The largest absolute Gasteiger partial charge is 0.463 e. The summed E-state index contributed by atoms with van der Waals surface area (Å²) in [5.41, 5.74) is 5.66. The number of nitrogens with one attached hydrogen (secondary N) is 1. The van der Waals surface area contributed by atoms with E-state index in [-0.39, 0.29) is 5.95 Å². The molecule has 106 valence electrons. The van der Waals surface area contributed by atoms with Crippen molar-refractivity contribution in [2.75, 3.05) is 30.5 Å². The van der Waals surface area contributed by atoms with E-state index in [1.807, 2.05) is 18.7 Å². The molecule has 7 heteroatoms. The third-order valence-corrected chi connectivity index (χ3v) is 4.75. The summed E-state index contributed by atoms with van der Waals surface area (Å²) >= 11 is 1.90. The van der Waals surface area contributed by atoms with E-state index in [1.54, 1.807) is 0 Å². The van der Waals surface area contributed by atoms with Crippen LogP contribution >= 0.6 is 11.8 Å². The highest BCUT2D eigenvalue weighted by Crippen LogP contribution is 2.42. The van der Waals surface area contributed by atoms with E-state index in [0.29, 0.717) is 23.3 Å². The smallest absolute Gasteiger partial charge is 0.323 e. The van der Waals surface area contributed by atoms with Crippen molar-refractivity contribution in [3.8, 4) is 6.01 Å². The van der Waals surface area contributed by atoms with Gasteiger partial charge in [0, 0.05) is 11.3 Å². The number of anilines is 2. The fourth-order valence-electron chi connectivity index (χ4n) is 1.97. The lowest BCUT2D eigenvalue weighted by Crippen LogP contribution is -2.40. The first-order valence-corrected chi connectivity index (χ1v) is 7.83. The number of ether oxygens (including phenoxy) is 1. The standard InChI is InChI=1S/C12H21N5OS/c1-3-7-18-11-16-9(13)15-10(17-11)14-8-12(19-2)5-4-6-12/h3-8H2,1-2H3,(H3,13,14,15,16,17). The average molecular weight is 283 g/mol. The molecular weight excluding hydrogens is 262 g/mol. The SMILES string of the molecule is CCCOc1nc(N)nc(NCC2(SC)CCC2)n1. The monoisotopic (exact) mass is 283 g/mol. The first kappa shape index (κ1) is 14.2. The van der Waals surface area contributed by atoms with Crippen LogP contribution in [0.3, 0.4) is 0 Å². The van der Waals surface area contributed by atoms with Crippen molar-refractivity contribution in [3.63, 3.8) is 0 Å². The Balaban J connectivity index is 1.97. The molecule has 2 rings (SSSR count). The zero-order valence-corrected chi connectivity index (χ0v) is 12.3. The van der Waals surface area contributed by atoms with Crippen LogP contribution in [0.1, 0.15) is 32.6 Å². The molecule has 0 spiro atoms. The third-order valence-electron chi connectivity index (χ3n) is 3.33. The maximum atomic E-state index is 5.66. The Morgan fingerprint density at radius 1 is 1.37 bits per heavy atom. The molecule has 1 aromatic heterocycles. The van der Waals surface area contributed by atoms with E-state index < -0.39 is 0 Å². The third kappa shape index (κ3) is 3.62. The molecule has 1 heterocycles. The predicted molar refractivity (Wildman–Crippen MR) is 78.6 cm³/mol. The van der Waals surface area contributed by atoms with Crippen molar-refractivity contribution in [1.82, 2.24) is 15.0 Å². The molecule has 0 amide bonds. The van der Waals surface area contributed by atoms with Crippen LogP contribution in [0.4, 0.5) is 11.9 Å². The van der Waals surface area contributed by atoms with Crippen LogP contribution in [0.15, 0.2) is 0 Å². The van der Waals surface area contributed by atoms with Gasteiger partial charge in [0.05, 0.1) is 6.61 Å². The van der Waals surface area contributed by atoms with Crippen molar-refractivity contribution < 1.29 is 4.74 Å². The molecule has 0 radical (unpaired) electrons. The zero-order valence-electron chi connectivity index (χ0n) is 11.5. The van der Waals surface area contributed by atoms with Crippen molar-refractivity contribution >= 4 is 23.7 Å². The zero-order chi connectivity index (χ0) is 13.7. The second kappa shape index (κ2) is 6.27. The summed E-state index contributed by atoms with van der Waals surface area (Å²) in [5, 5.41) is 3.25. The van der Waals surface area contributed by atoms with Crippen LogP contribution in [-0.4, -0.2) is 39.1 Å². The molecule has 0 bridgehead atoms. The number of thioether (sulfide) groups is 1. The maximum absolute atomic E-state index is 5.66. The van der Waals surface area contributed by atoms with Gasteiger partial charge in [-0.25, -0.2) is 0 Å². The summed E-state index contributed by atoms with van der Waals surface area (Å²) in [4.78, 5) is 12.3. The quantitative estimate of drug-likeness (QED) is 0.790. The molecule has 0 atom stereocenters. The Morgan fingerprint density at radius 2 is 2.16 bits per heavy atom. The Morgan fingerprint density at radius 3 is 2.74 bits per heavy atom. The van der Waals surface area contributed by atoms with E-state index in [2.05, 4.69) is 26.5 Å². The highest BCUT2D eigenvalue weighted by atomic mass is 32.2. The van der Waals surface area contributed by atoms with Gasteiger partial charge in [-0.1, -0.05) is 13.3 Å². The van der Waals surface area contributed by atoms with E-state index >= 15 is 0 Å². The van der Waals surface area contributed by atoms with Gasteiger partial charge in [-0.15, -0.1) is 0 Å². The summed E-state index contributed by atoms with van der Waals surface area (Å²) in [6, 6.07) is 0.295. The summed E-state index contributed by atoms with van der Waals surface area (Å²) in [6.07, 6.45) is 6.83. The first-order chi connectivity index (χ1) is 9.17. The van der Waals surface area contributed by atoms with E-state index in [9.17, 15) is 0 Å². The van der Waals surface area contributed by atoms with Gasteiger partial charge in [-0.3, -0.25) is 0 Å². The van der Waals surface area contributed by atoms with Gasteiger partial charge < -0.3 is 15.8 Å². The minimum Gasteiger partial charge on any atom is -0.463 e. The molecule has 1 fully saturated rings. The number of hydrogen-bond donors (Lipinski definition) is 2. The summed E-state index contributed by atoms with van der Waals surface area (Å²) < 4.78 is 5.71. The van der Waals surface area contributed by atoms with Gasteiger partial charge in [-0.05, 0) is 25.5 Å². The minimum absolute atomic E-state index is 0.190. The number of aromatic nitrogens is 3. The van der Waals surface area contributed by atoms with Crippen molar-refractivity contribution in [1.29, 1.82) is 0 Å². The summed E-state index contributed by atoms with van der Waals surface area (Å²) in [6.45, 7) is 3.46. The average Bonchev–Trinajstić information content (AvgIpc) is 2.35.